The molecule has 0 aliphatic heterocycles. The van der Waals surface area contributed by atoms with Crippen molar-refractivity contribution < 1.29 is 13.2 Å². The van der Waals surface area contributed by atoms with E-state index in [4.69, 9.17) is 11.6 Å². The molecule has 0 aromatic heterocycles. The highest BCUT2D eigenvalue weighted by Crippen LogP contribution is 2.28. The quantitative estimate of drug-likeness (QED) is 0.395. The first kappa shape index (κ1) is 24.8. The number of aryl methyl sites for hydroxylation is 2. The number of hydrogen-bond acceptors (Lipinski definition) is 3. The average Bonchev–Trinajstić information content (AvgIpc) is 2.75. The second kappa shape index (κ2) is 10.4. The molecule has 0 saturated carbocycles. The van der Waals surface area contributed by atoms with Crippen LogP contribution in [0.2, 0.25) is 5.02 Å². The predicted octanol–water partition coefficient (Wildman–Crippen LogP) is 6.27. The highest BCUT2D eigenvalue weighted by molar-refractivity contribution is 7.92. The molecular formula is C26H29ClN2O3S. The van der Waals surface area contributed by atoms with Gasteiger partial charge >= 0.3 is 0 Å². The van der Waals surface area contributed by atoms with E-state index in [9.17, 15) is 13.2 Å². The SMILES string of the molecule is Cc1ccc(NS(=O)(=O)c2cc(C(=O)NC(CC(C)C)c3ccccc3)ccc2Cl)c(C)c1. The summed E-state index contributed by atoms with van der Waals surface area (Å²) in [7, 11) is -4.00. The van der Waals surface area contributed by atoms with E-state index < -0.39 is 10.0 Å². The van der Waals surface area contributed by atoms with Crippen LogP contribution >= 0.6 is 11.6 Å². The van der Waals surface area contributed by atoms with Gasteiger partial charge in [-0.2, -0.15) is 0 Å². The molecule has 0 spiro atoms. The number of hydrogen-bond donors (Lipinski definition) is 2. The molecule has 1 amide bonds. The fraction of sp³-hybridized carbons (Fsp3) is 0.269. The molecule has 0 aliphatic rings. The average molecular weight is 485 g/mol. The molecule has 1 unspecified atom stereocenters. The van der Waals surface area contributed by atoms with Gasteiger partial charge in [0.15, 0.2) is 0 Å². The van der Waals surface area contributed by atoms with Crippen molar-refractivity contribution in [2.45, 2.75) is 45.1 Å². The summed E-state index contributed by atoms with van der Waals surface area (Å²) in [6, 6.07) is 19.3. The van der Waals surface area contributed by atoms with Gasteiger partial charge in [-0.15, -0.1) is 0 Å². The molecule has 7 heteroatoms. The van der Waals surface area contributed by atoms with Crippen LogP contribution < -0.4 is 10.0 Å². The van der Waals surface area contributed by atoms with Crippen LogP contribution in [0.5, 0.6) is 0 Å². The Morgan fingerprint density at radius 2 is 1.67 bits per heavy atom. The first-order valence-electron chi connectivity index (χ1n) is 10.8. The van der Waals surface area contributed by atoms with E-state index in [-0.39, 0.29) is 27.4 Å². The number of rotatable bonds is 8. The van der Waals surface area contributed by atoms with E-state index in [1.165, 1.54) is 18.2 Å². The van der Waals surface area contributed by atoms with Crippen LogP contribution in [0.25, 0.3) is 0 Å². The summed E-state index contributed by atoms with van der Waals surface area (Å²) in [4.78, 5) is 12.9. The van der Waals surface area contributed by atoms with Crippen molar-refractivity contribution in [3.63, 3.8) is 0 Å². The lowest BCUT2D eigenvalue weighted by molar-refractivity contribution is 0.0931. The van der Waals surface area contributed by atoms with Crippen molar-refractivity contribution in [2.24, 2.45) is 5.92 Å². The predicted molar refractivity (Wildman–Crippen MR) is 134 cm³/mol. The molecule has 0 fully saturated rings. The summed E-state index contributed by atoms with van der Waals surface area (Å²) < 4.78 is 28.8. The number of amides is 1. The third-order valence-corrected chi connectivity index (χ3v) is 7.17. The largest absolute Gasteiger partial charge is 0.345 e. The van der Waals surface area contributed by atoms with Gasteiger partial charge in [0.2, 0.25) is 0 Å². The normalized spacial score (nSPS) is 12.4. The Balaban J connectivity index is 1.88. The monoisotopic (exact) mass is 484 g/mol. The molecule has 0 heterocycles. The Morgan fingerprint density at radius 1 is 0.970 bits per heavy atom. The number of anilines is 1. The van der Waals surface area contributed by atoms with Gasteiger partial charge in [-0.3, -0.25) is 9.52 Å². The minimum Gasteiger partial charge on any atom is -0.345 e. The van der Waals surface area contributed by atoms with Gasteiger partial charge in [-0.05, 0) is 61.6 Å². The molecular weight excluding hydrogens is 456 g/mol. The maximum Gasteiger partial charge on any atom is 0.263 e. The molecule has 5 nitrogen and oxygen atoms in total. The van der Waals surface area contributed by atoms with Gasteiger partial charge < -0.3 is 5.32 Å². The molecule has 3 rings (SSSR count). The molecule has 0 saturated heterocycles. The second-order valence-electron chi connectivity index (χ2n) is 8.64. The van der Waals surface area contributed by atoms with Crippen molar-refractivity contribution in [2.75, 3.05) is 4.72 Å². The van der Waals surface area contributed by atoms with Gasteiger partial charge in [0.05, 0.1) is 16.8 Å². The molecule has 174 valence electrons. The lowest BCUT2D eigenvalue weighted by atomic mass is 9.96. The number of carbonyl (C=O) groups excluding carboxylic acids is 1. The third kappa shape index (κ3) is 6.36. The molecule has 1 atom stereocenters. The molecule has 3 aromatic rings. The molecule has 3 aromatic carbocycles. The Hall–Kier alpha value is -2.83. The molecule has 0 bridgehead atoms. The molecule has 2 N–H and O–H groups in total. The number of benzene rings is 3. The van der Waals surface area contributed by atoms with Gasteiger partial charge in [0.25, 0.3) is 15.9 Å². The molecule has 0 aliphatic carbocycles. The topological polar surface area (TPSA) is 75.3 Å². The van der Waals surface area contributed by atoms with Gasteiger partial charge in [-0.25, -0.2) is 8.42 Å². The van der Waals surface area contributed by atoms with Crippen molar-refractivity contribution in [3.05, 3.63) is 94.0 Å². The summed E-state index contributed by atoms with van der Waals surface area (Å²) >= 11 is 6.24. The van der Waals surface area contributed by atoms with Crippen LogP contribution in [0.3, 0.4) is 0 Å². The summed E-state index contributed by atoms with van der Waals surface area (Å²) in [5, 5.41) is 3.09. The second-order valence-corrected chi connectivity index (χ2v) is 10.7. The van der Waals surface area contributed by atoms with Crippen molar-refractivity contribution in [1.82, 2.24) is 5.32 Å². The Morgan fingerprint density at radius 3 is 2.30 bits per heavy atom. The van der Waals surface area contributed by atoms with Crippen LogP contribution in [-0.2, 0) is 10.0 Å². The lowest BCUT2D eigenvalue weighted by Crippen LogP contribution is -2.29. The minimum atomic E-state index is -4.00. The van der Waals surface area contributed by atoms with Crippen LogP contribution in [0.15, 0.2) is 71.6 Å². The van der Waals surface area contributed by atoms with E-state index in [1.807, 2.05) is 56.3 Å². The molecule has 0 radical (unpaired) electrons. The van der Waals surface area contributed by atoms with Crippen LogP contribution in [0.4, 0.5) is 5.69 Å². The first-order chi connectivity index (χ1) is 15.6. The lowest BCUT2D eigenvalue weighted by Gasteiger charge is -2.21. The smallest absolute Gasteiger partial charge is 0.263 e. The van der Waals surface area contributed by atoms with E-state index in [2.05, 4.69) is 23.9 Å². The Labute approximate surface area is 201 Å². The minimum absolute atomic E-state index is 0.0469. The van der Waals surface area contributed by atoms with Gasteiger partial charge in [0, 0.05) is 5.56 Å². The first-order valence-corrected chi connectivity index (χ1v) is 12.7. The fourth-order valence-corrected chi connectivity index (χ4v) is 5.31. The zero-order valence-electron chi connectivity index (χ0n) is 19.2. The van der Waals surface area contributed by atoms with E-state index in [1.54, 1.807) is 6.07 Å². The van der Waals surface area contributed by atoms with Crippen molar-refractivity contribution in [3.8, 4) is 0 Å². The van der Waals surface area contributed by atoms with Crippen LogP contribution in [0, 0.1) is 19.8 Å². The zero-order chi connectivity index (χ0) is 24.2. The highest BCUT2D eigenvalue weighted by atomic mass is 35.5. The van der Waals surface area contributed by atoms with Gasteiger partial charge in [-0.1, -0.05) is 73.5 Å². The number of carbonyl (C=O) groups is 1. The summed E-state index contributed by atoms with van der Waals surface area (Å²) in [5.41, 5.74) is 3.51. The van der Waals surface area contributed by atoms with Crippen molar-refractivity contribution in [1.29, 1.82) is 0 Å². The maximum absolute atomic E-state index is 13.1. The van der Waals surface area contributed by atoms with E-state index in [0.717, 1.165) is 23.1 Å². The maximum atomic E-state index is 13.1. The molecule has 33 heavy (non-hydrogen) atoms. The summed E-state index contributed by atoms with van der Waals surface area (Å²) in [6.07, 6.45) is 0.753. The Kier molecular flexibility index (Phi) is 7.82. The van der Waals surface area contributed by atoms with Crippen LogP contribution in [-0.4, -0.2) is 14.3 Å². The third-order valence-electron chi connectivity index (χ3n) is 5.32. The summed E-state index contributed by atoms with van der Waals surface area (Å²) in [6.45, 7) is 7.95. The summed E-state index contributed by atoms with van der Waals surface area (Å²) in [5.74, 6) is 0.00254. The van der Waals surface area contributed by atoms with Crippen LogP contribution in [0.1, 0.15) is 53.4 Å². The fourth-order valence-electron chi connectivity index (χ4n) is 3.66. The van der Waals surface area contributed by atoms with Crippen molar-refractivity contribution >= 4 is 33.2 Å². The van der Waals surface area contributed by atoms with Gasteiger partial charge in [0.1, 0.15) is 4.90 Å². The number of halogens is 1. The Bertz CT molecular complexity index is 1240. The highest BCUT2D eigenvalue weighted by Gasteiger charge is 2.23. The zero-order valence-corrected chi connectivity index (χ0v) is 20.8. The standard InChI is InChI=1S/C26H29ClN2O3S/c1-17(2)14-24(20-8-6-5-7-9-20)28-26(30)21-11-12-22(27)25(16-21)33(31,32)29-23-13-10-18(3)15-19(23)4/h5-13,15-17,24,29H,14H2,1-4H3,(H,28,30). The number of sulfonamides is 1. The van der Waals surface area contributed by atoms with E-state index >= 15 is 0 Å². The number of nitrogens with one attached hydrogen (secondary N) is 2. The van der Waals surface area contributed by atoms with E-state index in [0.29, 0.717) is 11.6 Å².